The van der Waals surface area contributed by atoms with E-state index in [1.54, 1.807) is 6.92 Å². The van der Waals surface area contributed by atoms with Crippen molar-refractivity contribution in [3.8, 4) is 0 Å². The standard InChI is InChI=1S/C11H7FO4/c1-5-2-3-7(12)6-4-8(10(13)14)16-11(15)9(5)6/h2-4H,1H3,(H,13,14). The van der Waals surface area contributed by atoms with Gasteiger partial charge in [0.15, 0.2) is 0 Å². The first kappa shape index (κ1) is 10.4. The van der Waals surface area contributed by atoms with Gasteiger partial charge in [0.2, 0.25) is 5.76 Å². The SMILES string of the molecule is Cc1ccc(F)c2cc(C(=O)O)oc(=O)c12. The van der Waals surface area contributed by atoms with Crippen LogP contribution in [0.15, 0.2) is 27.4 Å². The van der Waals surface area contributed by atoms with Crippen LogP contribution in [0.25, 0.3) is 10.8 Å². The summed E-state index contributed by atoms with van der Waals surface area (Å²) in [5.41, 5.74) is -0.297. The summed E-state index contributed by atoms with van der Waals surface area (Å²) in [7, 11) is 0. The number of rotatable bonds is 1. The summed E-state index contributed by atoms with van der Waals surface area (Å²) in [5.74, 6) is -2.61. The average molecular weight is 222 g/mol. The summed E-state index contributed by atoms with van der Waals surface area (Å²) in [4.78, 5) is 22.1. The minimum absolute atomic E-state index is 0.0337. The molecule has 16 heavy (non-hydrogen) atoms. The van der Waals surface area contributed by atoms with Gasteiger partial charge in [0.1, 0.15) is 5.82 Å². The molecule has 0 atom stereocenters. The molecule has 1 aromatic heterocycles. The van der Waals surface area contributed by atoms with Gasteiger partial charge >= 0.3 is 11.6 Å². The predicted octanol–water partition coefficient (Wildman–Crippen LogP) is 1.94. The molecule has 0 aliphatic heterocycles. The van der Waals surface area contributed by atoms with Crippen LogP contribution in [-0.2, 0) is 0 Å². The quantitative estimate of drug-likeness (QED) is 0.800. The van der Waals surface area contributed by atoms with Gasteiger partial charge < -0.3 is 9.52 Å². The van der Waals surface area contributed by atoms with Gasteiger partial charge in [-0.05, 0) is 24.6 Å². The van der Waals surface area contributed by atoms with Crippen molar-refractivity contribution in [1.82, 2.24) is 0 Å². The zero-order valence-electron chi connectivity index (χ0n) is 8.28. The molecule has 0 fully saturated rings. The highest BCUT2D eigenvalue weighted by Crippen LogP contribution is 2.19. The second-order valence-electron chi connectivity index (χ2n) is 3.36. The molecule has 0 bridgehead atoms. The number of hydrogen-bond acceptors (Lipinski definition) is 3. The first-order chi connectivity index (χ1) is 7.50. The Bertz CT molecular complexity index is 642. The van der Waals surface area contributed by atoms with Crippen molar-refractivity contribution < 1.29 is 18.7 Å². The lowest BCUT2D eigenvalue weighted by molar-refractivity contribution is 0.0658. The Balaban J connectivity index is 2.98. The van der Waals surface area contributed by atoms with E-state index in [1.165, 1.54) is 12.1 Å². The highest BCUT2D eigenvalue weighted by molar-refractivity contribution is 5.92. The van der Waals surface area contributed by atoms with Crippen molar-refractivity contribution in [2.75, 3.05) is 0 Å². The van der Waals surface area contributed by atoms with Crippen LogP contribution in [0.3, 0.4) is 0 Å². The highest BCUT2D eigenvalue weighted by atomic mass is 19.1. The monoisotopic (exact) mass is 222 g/mol. The van der Waals surface area contributed by atoms with Crippen molar-refractivity contribution in [2.45, 2.75) is 6.92 Å². The van der Waals surface area contributed by atoms with Crippen LogP contribution in [-0.4, -0.2) is 11.1 Å². The van der Waals surface area contributed by atoms with E-state index in [2.05, 4.69) is 4.42 Å². The second kappa shape index (κ2) is 3.44. The maximum atomic E-state index is 13.4. The molecule has 0 aliphatic rings. The lowest BCUT2D eigenvalue weighted by atomic mass is 10.1. The Morgan fingerprint density at radius 2 is 2.12 bits per heavy atom. The highest BCUT2D eigenvalue weighted by Gasteiger charge is 2.14. The number of hydrogen-bond donors (Lipinski definition) is 1. The first-order valence-corrected chi connectivity index (χ1v) is 4.47. The average Bonchev–Trinajstić information content (AvgIpc) is 2.22. The van der Waals surface area contributed by atoms with E-state index in [-0.39, 0.29) is 10.8 Å². The summed E-state index contributed by atoms with van der Waals surface area (Å²) < 4.78 is 18.0. The zero-order chi connectivity index (χ0) is 11.9. The molecular formula is C11H7FO4. The summed E-state index contributed by atoms with van der Waals surface area (Å²) >= 11 is 0. The predicted molar refractivity (Wildman–Crippen MR) is 54.1 cm³/mol. The number of carbonyl (C=O) groups is 1. The molecule has 82 valence electrons. The molecule has 0 radical (unpaired) electrons. The maximum absolute atomic E-state index is 13.4. The van der Waals surface area contributed by atoms with Gasteiger partial charge in [-0.2, -0.15) is 0 Å². The topological polar surface area (TPSA) is 67.5 Å². The number of halogens is 1. The van der Waals surface area contributed by atoms with E-state index in [0.717, 1.165) is 6.07 Å². The van der Waals surface area contributed by atoms with Gasteiger partial charge in [-0.25, -0.2) is 14.0 Å². The summed E-state index contributed by atoms with van der Waals surface area (Å²) in [6.07, 6.45) is 0. The van der Waals surface area contributed by atoms with Crippen LogP contribution in [0.2, 0.25) is 0 Å². The van der Waals surface area contributed by atoms with Gasteiger partial charge in [0, 0.05) is 5.39 Å². The Morgan fingerprint density at radius 3 is 2.75 bits per heavy atom. The Morgan fingerprint density at radius 1 is 1.44 bits per heavy atom. The number of aromatic carboxylic acids is 1. The minimum Gasteiger partial charge on any atom is -0.475 e. The summed E-state index contributed by atoms with van der Waals surface area (Å²) in [5, 5.41) is 8.71. The molecule has 4 nitrogen and oxygen atoms in total. The van der Waals surface area contributed by atoms with Crippen LogP contribution >= 0.6 is 0 Å². The molecule has 0 unspecified atom stereocenters. The third-order valence-electron chi connectivity index (χ3n) is 2.29. The molecule has 5 heteroatoms. The largest absolute Gasteiger partial charge is 0.475 e. The maximum Gasteiger partial charge on any atom is 0.371 e. The van der Waals surface area contributed by atoms with Crippen molar-refractivity contribution >= 4 is 16.7 Å². The fraction of sp³-hybridized carbons (Fsp3) is 0.0909. The smallest absolute Gasteiger partial charge is 0.371 e. The minimum atomic E-state index is -1.40. The zero-order valence-corrected chi connectivity index (χ0v) is 8.28. The van der Waals surface area contributed by atoms with E-state index in [0.29, 0.717) is 5.56 Å². The number of carboxylic acid groups (broad SMARTS) is 1. The Kier molecular flexibility index (Phi) is 2.23. The number of benzene rings is 1. The third-order valence-corrected chi connectivity index (χ3v) is 2.29. The van der Waals surface area contributed by atoms with E-state index in [4.69, 9.17) is 5.11 Å². The number of fused-ring (bicyclic) bond motifs is 1. The van der Waals surface area contributed by atoms with E-state index in [9.17, 15) is 14.0 Å². The molecule has 2 rings (SSSR count). The Labute approximate surface area is 88.9 Å². The molecule has 0 amide bonds. The lowest BCUT2D eigenvalue weighted by Gasteiger charge is -2.02. The molecule has 0 saturated carbocycles. The van der Waals surface area contributed by atoms with Crippen LogP contribution in [0.4, 0.5) is 4.39 Å². The molecule has 1 N–H and O–H groups in total. The fourth-order valence-electron chi connectivity index (χ4n) is 1.53. The first-order valence-electron chi connectivity index (χ1n) is 4.47. The van der Waals surface area contributed by atoms with Gasteiger partial charge in [-0.1, -0.05) is 6.07 Å². The van der Waals surface area contributed by atoms with Crippen LogP contribution < -0.4 is 5.63 Å². The fourth-order valence-corrected chi connectivity index (χ4v) is 1.53. The van der Waals surface area contributed by atoms with Crippen molar-refractivity contribution in [3.63, 3.8) is 0 Å². The molecule has 1 aromatic carbocycles. The van der Waals surface area contributed by atoms with Gasteiger partial charge in [-0.15, -0.1) is 0 Å². The summed E-state index contributed by atoms with van der Waals surface area (Å²) in [6, 6.07) is 3.64. The van der Waals surface area contributed by atoms with Crippen LogP contribution in [0.1, 0.15) is 16.1 Å². The van der Waals surface area contributed by atoms with Gasteiger partial charge in [0.25, 0.3) is 0 Å². The van der Waals surface area contributed by atoms with E-state index >= 15 is 0 Å². The number of aryl methyl sites for hydroxylation is 1. The van der Waals surface area contributed by atoms with Crippen molar-refractivity contribution in [3.05, 3.63) is 45.8 Å². The van der Waals surface area contributed by atoms with Gasteiger partial charge in [-0.3, -0.25) is 0 Å². The van der Waals surface area contributed by atoms with Crippen molar-refractivity contribution in [2.24, 2.45) is 0 Å². The molecule has 0 aliphatic carbocycles. The van der Waals surface area contributed by atoms with Crippen LogP contribution in [0, 0.1) is 12.7 Å². The Hall–Kier alpha value is -2.17. The molecule has 0 saturated heterocycles. The van der Waals surface area contributed by atoms with Crippen molar-refractivity contribution in [1.29, 1.82) is 0 Å². The van der Waals surface area contributed by atoms with E-state index < -0.39 is 23.2 Å². The van der Waals surface area contributed by atoms with Gasteiger partial charge in [0.05, 0.1) is 5.39 Å². The second-order valence-corrected chi connectivity index (χ2v) is 3.36. The number of carboxylic acids is 1. The summed E-state index contributed by atoms with van der Waals surface area (Å²) in [6.45, 7) is 1.62. The van der Waals surface area contributed by atoms with E-state index in [1.807, 2.05) is 0 Å². The molecule has 0 spiro atoms. The molecule has 1 heterocycles. The lowest BCUT2D eigenvalue weighted by Crippen LogP contribution is -2.08. The molecule has 2 aromatic rings. The van der Waals surface area contributed by atoms with Crippen LogP contribution in [0.5, 0.6) is 0 Å². The third kappa shape index (κ3) is 1.46. The molecular weight excluding hydrogens is 215 g/mol. The normalized spacial score (nSPS) is 10.6.